The molecule has 6 nitrogen and oxygen atoms in total. The third kappa shape index (κ3) is 4.62. The second kappa shape index (κ2) is 7.73. The van der Waals surface area contributed by atoms with Crippen molar-refractivity contribution in [3.8, 4) is 0 Å². The standard InChI is InChI=1S/C15H15Br2N3O3S/c1-10-4-3-5-14(18-10)19-15(21)9-20(2)24(22,23)13-7-6-11(16)8-12(13)17/h3-8H,9H2,1-2H3,(H,18,19,21). The van der Waals surface area contributed by atoms with Gasteiger partial charge in [0.1, 0.15) is 5.82 Å². The molecule has 1 aromatic heterocycles. The molecule has 1 N–H and O–H groups in total. The van der Waals surface area contributed by atoms with Gasteiger partial charge in [0.2, 0.25) is 15.9 Å². The highest BCUT2D eigenvalue weighted by Gasteiger charge is 2.25. The van der Waals surface area contributed by atoms with E-state index < -0.39 is 15.9 Å². The van der Waals surface area contributed by atoms with Crippen molar-refractivity contribution in [2.45, 2.75) is 11.8 Å². The molecule has 0 aliphatic carbocycles. The van der Waals surface area contributed by atoms with Crippen LogP contribution in [0.3, 0.4) is 0 Å². The van der Waals surface area contributed by atoms with E-state index in [1.165, 1.54) is 13.1 Å². The number of benzene rings is 1. The molecule has 0 spiro atoms. The number of aryl methyl sites for hydroxylation is 1. The van der Waals surface area contributed by atoms with E-state index >= 15 is 0 Å². The van der Waals surface area contributed by atoms with Gasteiger partial charge in [-0.3, -0.25) is 4.79 Å². The van der Waals surface area contributed by atoms with Gasteiger partial charge in [-0.05, 0) is 53.2 Å². The van der Waals surface area contributed by atoms with Crippen LogP contribution in [-0.4, -0.2) is 37.2 Å². The quantitative estimate of drug-likeness (QED) is 0.718. The molecule has 9 heteroatoms. The maximum atomic E-state index is 12.6. The van der Waals surface area contributed by atoms with Gasteiger partial charge in [0.05, 0.1) is 11.4 Å². The smallest absolute Gasteiger partial charge is 0.244 e. The highest BCUT2D eigenvalue weighted by atomic mass is 79.9. The lowest BCUT2D eigenvalue weighted by molar-refractivity contribution is -0.116. The Kier molecular flexibility index (Phi) is 6.13. The third-order valence-electron chi connectivity index (χ3n) is 3.10. The molecule has 0 saturated heterocycles. The average molecular weight is 477 g/mol. The molecule has 128 valence electrons. The van der Waals surface area contributed by atoms with Crippen molar-refractivity contribution in [1.82, 2.24) is 9.29 Å². The molecule has 1 heterocycles. The van der Waals surface area contributed by atoms with Gasteiger partial charge in [0.15, 0.2) is 0 Å². The van der Waals surface area contributed by atoms with Crippen LogP contribution in [0.15, 0.2) is 50.2 Å². The summed E-state index contributed by atoms with van der Waals surface area (Å²) < 4.78 is 27.3. The number of amides is 1. The van der Waals surface area contributed by atoms with Gasteiger partial charge in [-0.15, -0.1) is 0 Å². The SMILES string of the molecule is Cc1cccc(NC(=O)CN(C)S(=O)(=O)c2ccc(Br)cc2Br)n1. The Morgan fingerprint density at radius 2 is 1.96 bits per heavy atom. The topological polar surface area (TPSA) is 79.4 Å². The second-order valence-corrected chi connectivity index (χ2v) is 8.83. The fraction of sp³-hybridized carbons (Fsp3) is 0.200. The summed E-state index contributed by atoms with van der Waals surface area (Å²) in [5.41, 5.74) is 0.757. The number of hydrogen-bond acceptors (Lipinski definition) is 4. The van der Waals surface area contributed by atoms with Crippen molar-refractivity contribution < 1.29 is 13.2 Å². The van der Waals surface area contributed by atoms with Crippen LogP contribution >= 0.6 is 31.9 Å². The summed E-state index contributed by atoms with van der Waals surface area (Å²) in [7, 11) is -2.44. The van der Waals surface area contributed by atoms with Crippen LogP contribution in [-0.2, 0) is 14.8 Å². The number of carbonyl (C=O) groups excluding carboxylic acids is 1. The molecule has 0 aliphatic rings. The Hall–Kier alpha value is -1.29. The summed E-state index contributed by atoms with van der Waals surface area (Å²) in [6.07, 6.45) is 0. The first kappa shape index (κ1) is 19.0. The molecule has 1 amide bonds. The number of anilines is 1. The molecular weight excluding hydrogens is 462 g/mol. The molecule has 0 atom stereocenters. The highest BCUT2D eigenvalue weighted by Crippen LogP contribution is 2.27. The van der Waals surface area contributed by atoms with Crippen LogP contribution < -0.4 is 5.32 Å². The summed E-state index contributed by atoms with van der Waals surface area (Å²) in [6.45, 7) is 1.48. The predicted molar refractivity (Wildman–Crippen MR) is 99.3 cm³/mol. The molecule has 0 aliphatic heterocycles. The van der Waals surface area contributed by atoms with Crippen LogP contribution in [0.4, 0.5) is 5.82 Å². The van der Waals surface area contributed by atoms with Crippen molar-refractivity contribution >= 4 is 53.6 Å². The maximum Gasteiger partial charge on any atom is 0.244 e. The van der Waals surface area contributed by atoms with E-state index in [1.54, 1.807) is 37.3 Å². The van der Waals surface area contributed by atoms with E-state index in [1.807, 2.05) is 0 Å². The van der Waals surface area contributed by atoms with Gasteiger partial charge in [0.25, 0.3) is 0 Å². The lowest BCUT2D eigenvalue weighted by Gasteiger charge is -2.17. The minimum Gasteiger partial charge on any atom is -0.310 e. The van der Waals surface area contributed by atoms with Crippen molar-refractivity contribution in [3.05, 3.63) is 51.0 Å². The fourth-order valence-electron chi connectivity index (χ4n) is 1.93. The Morgan fingerprint density at radius 3 is 2.58 bits per heavy atom. The van der Waals surface area contributed by atoms with E-state index in [0.717, 1.165) is 14.5 Å². The van der Waals surface area contributed by atoms with Gasteiger partial charge in [0, 0.05) is 21.7 Å². The number of pyridine rings is 1. The maximum absolute atomic E-state index is 12.6. The number of hydrogen-bond donors (Lipinski definition) is 1. The number of nitrogens with one attached hydrogen (secondary N) is 1. The van der Waals surface area contributed by atoms with Crippen LogP contribution in [0.25, 0.3) is 0 Å². The van der Waals surface area contributed by atoms with E-state index in [2.05, 4.69) is 42.2 Å². The summed E-state index contributed by atoms with van der Waals surface area (Å²) in [4.78, 5) is 16.3. The van der Waals surface area contributed by atoms with E-state index in [-0.39, 0.29) is 11.4 Å². The van der Waals surface area contributed by atoms with Gasteiger partial charge >= 0.3 is 0 Å². The van der Waals surface area contributed by atoms with Crippen LogP contribution in [0.2, 0.25) is 0 Å². The van der Waals surface area contributed by atoms with E-state index in [0.29, 0.717) is 10.3 Å². The Bertz CT molecular complexity index is 872. The van der Waals surface area contributed by atoms with E-state index in [4.69, 9.17) is 0 Å². The van der Waals surface area contributed by atoms with Gasteiger partial charge in [-0.1, -0.05) is 22.0 Å². The normalized spacial score (nSPS) is 11.5. The van der Waals surface area contributed by atoms with E-state index in [9.17, 15) is 13.2 Å². The lowest BCUT2D eigenvalue weighted by Crippen LogP contribution is -2.35. The fourth-order valence-corrected chi connectivity index (χ4v) is 4.76. The number of sulfonamides is 1. The first-order valence-electron chi connectivity index (χ1n) is 6.85. The molecule has 0 unspecified atom stereocenters. The molecule has 1 aromatic carbocycles. The van der Waals surface area contributed by atoms with Crippen LogP contribution in [0.5, 0.6) is 0 Å². The molecule has 0 saturated carbocycles. The highest BCUT2D eigenvalue weighted by molar-refractivity contribution is 9.11. The van der Waals surface area contributed by atoms with Gasteiger partial charge in [-0.2, -0.15) is 4.31 Å². The zero-order valence-corrected chi connectivity index (χ0v) is 16.9. The number of likely N-dealkylation sites (N-methyl/N-ethyl adjacent to an activating group) is 1. The molecule has 0 fully saturated rings. The number of carbonyl (C=O) groups is 1. The molecule has 24 heavy (non-hydrogen) atoms. The Morgan fingerprint density at radius 1 is 1.25 bits per heavy atom. The number of nitrogens with zero attached hydrogens (tertiary/aromatic N) is 2. The first-order valence-corrected chi connectivity index (χ1v) is 9.87. The van der Waals surface area contributed by atoms with Crippen LogP contribution in [0.1, 0.15) is 5.69 Å². The van der Waals surface area contributed by atoms with Gasteiger partial charge < -0.3 is 5.32 Å². The largest absolute Gasteiger partial charge is 0.310 e. The van der Waals surface area contributed by atoms with Crippen molar-refractivity contribution in [3.63, 3.8) is 0 Å². The van der Waals surface area contributed by atoms with Crippen LogP contribution in [0, 0.1) is 6.92 Å². The number of rotatable bonds is 5. The Labute approximate surface area is 157 Å². The summed E-state index contributed by atoms with van der Waals surface area (Å²) >= 11 is 6.51. The number of aromatic nitrogens is 1. The van der Waals surface area contributed by atoms with Crippen molar-refractivity contribution in [2.24, 2.45) is 0 Å². The average Bonchev–Trinajstić information content (AvgIpc) is 2.46. The molecule has 0 bridgehead atoms. The molecule has 2 rings (SSSR count). The predicted octanol–water partition coefficient (Wildman–Crippen LogP) is 3.17. The minimum atomic E-state index is -3.80. The third-order valence-corrected chi connectivity index (χ3v) is 6.38. The van der Waals surface area contributed by atoms with Crippen molar-refractivity contribution in [2.75, 3.05) is 18.9 Å². The van der Waals surface area contributed by atoms with Crippen molar-refractivity contribution in [1.29, 1.82) is 0 Å². The first-order chi connectivity index (χ1) is 11.2. The monoisotopic (exact) mass is 475 g/mol. The zero-order chi connectivity index (χ0) is 17.9. The summed E-state index contributed by atoms with van der Waals surface area (Å²) in [6, 6.07) is 9.94. The Balaban J connectivity index is 2.12. The van der Waals surface area contributed by atoms with Gasteiger partial charge in [-0.25, -0.2) is 13.4 Å². The molecule has 0 radical (unpaired) electrons. The molecular formula is C15H15Br2N3O3S. The summed E-state index contributed by atoms with van der Waals surface area (Å²) in [5.74, 6) is -0.0805. The zero-order valence-electron chi connectivity index (χ0n) is 13.0. The molecule has 2 aromatic rings. The number of halogens is 2. The second-order valence-electron chi connectivity index (χ2n) is 5.05. The lowest BCUT2D eigenvalue weighted by atomic mass is 10.4. The minimum absolute atomic E-state index is 0.0923. The summed E-state index contributed by atoms with van der Waals surface area (Å²) in [5, 5.41) is 2.59.